The van der Waals surface area contributed by atoms with Gasteiger partial charge in [-0.05, 0) is 42.2 Å². The predicted molar refractivity (Wildman–Crippen MR) is 80.4 cm³/mol. The van der Waals surface area contributed by atoms with Crippen LogP contribution in [0.25, 0.3) is 11.1 Å². The SMILES string of the molecule is C=CNC1CC12CCc1ccc(-c3cnn(C)c3)cc12. The third-order valence-electron chi connectivity index (χ3n) is 4.92. The van der Waals surface area contributed by atoms with Crippen LogP contribution in [0.15, 0.2) is 43.4 Å². The highest BCUT2D eigenvalue weighted by molar-refractivity contribution is 5.66. The molecule has 1 aromatic carbocycles. The van der Waals surface area contributed by atoms with Crippen molar-refractivity contribution in [3.8, 4) is 11.1 Å². The average molecular weight is 265 g/mol. The molecule has 0 saturated heterocycles. The standard InChI is InChI=1S/C17H19N3/c1-3-18-16-9-17(16)7-6-12-4-5-13(8-15(12)17)14-10-19-20(2)11-14/h3-5,8,10-11,16,18H,1,6-7,9H2,2H3. The Balaban J connectivity index is 1.74. The van der Waals surface area contributed by atoms with E-state index in [-0.39, 0.29) is 0 Å². The number of nitrogens with one attached hydrogen (secondary N) is 1. The van der Waals surface area contributed by atoms with E-state index in [1.165, 1.54) is 36.0 Å². The number of hydrogen-bond acceptors (Lipinski definition) is 2. The van der Waals surface area contributed by atoms with Gasteiger partial charge in [0.2, 0.25) is 0 Å². The Bertz CT molecular complexity index is 685. The van der Waals surface area contributed by atoms with Gasteiger partial charge in [0, 0.05) is 30.3 Å². The van der Waals surface area contributed by atoms with Crippen molar-refractivity contribution < 1.29 is 0 Å². The summed E-state index contributed by atoms with van der Waals surface area (Å²) in [6.45, 7) is 3.80. The number of nitrogens with zero attached hydrogens (tertiary/aromatic N) is 2. The first kappa shape index (κ1) is 11.8. The minimum atomic E-state index is 0.363. The van der Waals surface area contributed by atoms with Crippen molar-refractivity contribution in [1.82, 2.24) is 15.1 Å². The molecule has 1 aromatic heterocycles. The van der Waals surface area contributed by atoms with E-state index in [1.54, 1.807) is 5.56 Å². The quantitative estimate of drug-likeness (QED) is 0.925. The van der Waals surface area contributed by atoms with Gasteiger partial charge in [-0.3, -0.25) is 4.68 Å². The van der Waals surface area contributed by atoms with E-state index >= 15 is 0 Å². The van der Waals surface area contributed by atoms with Crippen molar-refractivity contribution in [2.24, 2.45) is 7.05 Å². The molecule has 0 bridgehead atoms. The molecule has 2 aliphatic rings. The zero-order valence-corrected chi connectivity index (χ0v) is 11.8. The van der Waals surface area contributed by atoms with Crippen molar-refractivity contribution in [2.75, 3.05) is 0 Å². The summed E-state index contributed by atoms with van der Waals surface area (Å²) in [5.74, 6) is 0. The molecule has 3 heteroatoms. The Morgan fingerprint density at radius 2 is 2.35 bits per heavy atom. The zero-order valence-electron chi connectivity index (χ0n) is 11.8. The number of hydrogen-bond donors (Lipinski definition) is 1. The van der Waals surface area contributed by atoms with E-state index < -0.39 is 0 Å². The Hall–Kier alpha value is -2.03. The summed E-state index contributed by atoms with van der Waals surface area (Å²) in [6.07, 6.45) is 9.57. The second-order valence-electron chi connectivity index (χ2n) is 6.06. The Labute approximate surface area is 119 Å². The minimum absolute atomic E-state index is 0.363. The Morgan fingerprint density at radius 1 is 1.45 bits per heavy atom. The summed E-state index contributed by atoms with van der Waals surface area (Å²) in [5.41, 5.74) is 5.90. The van der Waals surface area contributed by atoms with E-state index in [0.717, 1.165) is 0 Å². The van der Waals surface area contributed by atoms with Crippen molar-refractivity contribution in [3.63, 3.8) is 0 Å². The summed E-state index contributed by atoms with van der Waals surface area (Å²) < 4.78 is 1.86. The van der Waals surface area contributed by atoms with Crippen LogP contribution in [0.3, 0.4) is 0 Å². The molecule has 2 aliphatic carbocycles. The number of aromatic nitrogens is 2. The first-order valence-corrected chi connectivity index (χ1v) is 7.22. The van der Waals surface area contributed by atoms with Gasteiger partial charge in [-0.25, -0.2) is 0 Å². The molecule has 4 rings (SSSR count). The van der Waals surface area contributed by atoms with Crippen LogP contribution in [0.4, 0.5) is 0 Å². The molecule has 1 heterocycles. The van der Waals surface area contributed by atoms with E-state index in [1.807, 2.05) is 24.1 Å². The fraction of sp³-hybridized carbons (Fsp3) is 0.353. The number of aryl methyl sites for hydroxylation is 2. The van der Waals surface area contributed by atoms with Gasteiger partial charge < -0.3 is 5.32 Å². The van der Waals surface area contributed by atoms with E-state index in [4.69, 9.17) is 0 Å². The van der Waals surface area contributed by atoms with Crippen molar-refractivity contribution >= 4 is 0 Å². The van der Waals surface area contributed by atoms with Crippen LogP contribution in [-0.2, 0) is 18.9 Å². The van der Waals surface area contributed by atoms with Crippen molar-refractivity contribution in [2.45, 2.75) is 30.7 Å². The number of rotatable bonds is 3. The first-order chi connectivity index (χ1) is 9.73. The van der Waals surface area contributed by atoms with Crippen LogP contribution < -0.4 is 5.32 Å². The van der Waals surface area contributed by atoms with Gasteiger partial charge in [-0.1, -0.05) is 24.8 Å². The maximum absolute atomic E-state index is 4.27. The lowest BCUT2D eigenvalue weighted by molar-refractivity contribution is 0.620. The average Bonchev–Trinajstić information content (AvgIpc) is 2.79. The topological polar surface area (TPSA) is 29.9 Å². The van der Waals surface area contributed by atoms with Crippen molar-refractivity contribution in [3.05, 3.63) is 54.5 Å². The monoisotopic (exact) mass is 265 g/mol. The molecule has 1 saturated carbocycles. The van der Waals surface area contributed by atoms with Crippen LogP contribution in [-0.4, -0.2) is 15.8 Å². The molecule has 3 nitrogen and oxygen atoms in total. The summed E-state index contributed by atoms with van der Waals surface area (Å²) in [6, 6.07) is 7.48. The summed E-state index contributed by atoms with van der Waals surface area (Å²) in [4.78, 5) is 0. The molecular weight excluding hydrogens is 246 g/mol. The number of benzene rings is 1. The van der Waals surface area contributed by atoms with Gasteiger partial charge in [0.05, 0.1) is 6.20 Å². The van der Waals surface area contributed by atoms with Crippen LogP contribution in [0.2, 0.25) is 0 Å². The highest BCUT2D eigenvalue weighted by Crippen LogP contribution is 2.57. The van der Waals surface area contributed by atoms with Crippen LogP contribution >= 0.6 is 0 Å². The second kappa shape index (κ2) is 3.98. The zero-order chi connectivity index (χ0) is 13.7. The smallest absolute Gasteiger partial charge is 0.0568 e. The Kier molecular flexibility index (Phi) is 2.34. The largest absolute Gasteiger partial charge is 0.388 e. The highest BCUT2D eigenvalue weighted by atomic mass is 15.2. The van der Waals surface area contributed by atoms with Gasteiger partial charge >= 0.3 is 0 Å². The summed E-state index contributed by atoms with van der Waals surface area (Å²) in [5, 5.41) is 7.68. The lowest BCUT2D eigenvalue weighted by atomic mass is 9.94. The highest BCUT2D eigenvalue weighted by Gasteiger charge is 2.57. The van der Waals surface area contributed by atoms with Gasteiger partial charge in [-0.15, -0.1) is 0 Å². The lowest BCUT2D eigenvalue weighted by Gasteiger charge is -2.12. The second-order valence-corrected chi connectivity index (χ2v) is 6.06. The Morgan fingerprint density at radius 3 is 3.10 bits per heavy atom. The van der Waals surface area contributed by atoms with Gasteiger partial charge in [0.1, 0.15) is 0 Å². The third kappa shape index (κ3) is 1.56. The maximum Gasteiger partial charge on any atom is 0.0568 e. The molecule has 2 unspecified atom stereocenters. The van der Waals surface area contributed by atoms with E-state index in [0.29, 0.717) is 11.5 Å². The van der Waals surface area contributed by atoms with Crippen LogP contribution in [0.5, 0.6) is 0 Å². The van der Waals surface area contributed by atoms with Crippen LogP contribution in [0.1, 0.15) is 24.0 Å². The minimum Gasteiger partial charge on any atom is -0.388 e. The molecule has 102 valence electrons. The molecule has 0 amide bonds. The first-order valence-electron chi connectivity index (χ1n) is 7.22. The molecule has 0 aliphatic heterocycles. The summed E-state index contributed by atoms with van der Waals surface area (Å²) >= 11 is 0. The normalized spacial score (nSPS) is 26.6. The molecule has 1 spiro atoms. The van der Waals surface area contributed by atoms with Gasteiger partial charge in [0.15, 0.2) is 0 Å². The molecule has 1 fully saturated rings. The van der Waals surface area contributed by atoms with Crippen LogP contribution in [0, 0.1) is 0 Å². The lowest BCUT2D eigenvalue weighted by Crippen LogP contribution is -2.18. The molecule has 20 heavy (non-hydrogen) atoms. The fourth-order valence-corrected chi connectivity index (χ4v) is 3.74. The van der Waals surface area contributed by atoms with Crippen molar-refractivity contribution in [1.29, 1.82) is 0 Å². The van der Waals surface area contributed by atoms with E-state index in [9.17, 15) is 0 Å². The predicted octanol–water partition coefficient (Wildman–Crippen LogP) is 2.78. The molecular formula is C17H19N3. The number of fused-ring (bicyclic) bond motifs is 2. The maximum atomic E-state index is 4.27. The molecule has 2 aromatic rings. The fourth-order valence-electron chi connectivity index (χ4n) is 3.74. The molecule has 1 N–H and O–H groups in total. The molecule has 2 atom stereocenters. The summed E-state index contributed by atoms with van der Waals surface area (Å²) in [7, 11) is 1.96. The van der Waals surface area contributed by atoms with E-state index in [2.05, 4.69) is 41.4 Å². The molecule has 0 radical (unpaired) electrons. The van der Waals surface area contributed by atoms with Gasteiger partial charge in [-0.2, -0.15) is 5.10 Å². The van der Waals surface area contributed by atoms with Gasteiger partial charge in [0.25, 0.3) is 0 Å². The third-order valence-corrected chi connectivity index (χ3v) is 4.92.